The fraction of sp³-hybridized carbons (Fsp3) is 0.579. The van der Waals surface area contributed by atoms with Crippen molar-refractivity contribution in [2.75, 3.05) is 7.18 Å². The molecule has 0 fully saturated rings. The van der Waals surface area contributed by atoms with Crippen molar-refractivity contribution >= 4 is 5.57 Å². The van der Waals surface area contributed by atoms with Crippen LogP contribution in [0.4, 0.5) is 4.39 Å². The lowest BCUT2D eigenvalue weighted by Crippen LogP contribution is -2.29. The van der Waals surface area contributed by atoms with Crippen molar-refractivity contribution in [2.45, 2.75) is 46.0 Å². The van der Waals surface area contributed by atoms with Gasteiger partial charge in [-0.15, -0.1) is 0 Å². The number of fused-ring (bicyclic) bond motifs is 3. The lowest BCUT2D eigenvalue weighted by atomic mass is 9.64. The van der Waals surface area contributed by atoms with E-state index in [1.807, 2.05) is 12.1 Å². The topological polar surface area (TPSA) is 20.2 Å². The van der Waals surface area contributed by atoms with Gasteiger partial charge < -0.3 is 5.11 Å². The van der Waals surface area contributed by atoms with Crippen LogP contribution in [0.2, 0.25) is 0 Å². The predicted octanol–water partition coefficient (Wildman–Crippen LogP) is 5.38. The number of aryl methyl sites for hydroxylation is 1. The number of hydrogen-bond donors (Lipinski definition) is 1. The van der Waals surface area contributed by atoms with Crippen molar-refractivity contribution < 1.29 is 9.50 Å². The Morgan fingerprint density at radius 1 is 1.29 bits per heavy atom. The first-order valence-electron chi connectivity index (χ1n) is 8.10. The second kappa shape index (κ2) is 7.11. The number of phenols is 1. The molecule has 0 radical (unpaired) electrons. The summed E-state index contributed by atoms with van der Waals surface area (Å²) in [5.74, 6) is 2.84. The maximum atomic E-state index is 9.64. The number of phenolic OH excluding ortho intramolecular Hbond substituents is 1. The van der Waals surface area contributed by atoms with Gasteiger partial charge in [-0.25, -0.2) is 0 Å². The van der Waals surface area contributed by atoms with E-state index in [2.05, 4.69) is 26.0 Å². The smallest absolute Gasteiger partial charge is 0.115 e. The Balaban J connectivity index is 0.000000774. The highest BCUT2D eigenvalue weighted by Gasteiger charge is 2.35. The molecule has 0 bridgehead atoms. The lowest BCUT2D eigenvalue weighted by Gasteiger charge is -2.40. The number of halogens is 1. The Kier molecular flexibility index (Phi) is 5.44. The zero-order chi connectivity index (χ0) is 15.4. The van der Waals surface area contributed by atoms with Gasteiger partial charge in [-0.2, -0.15) is 0 Å². The molecule has 3 atom stereocenters. The van der Waals surface area contributed by atoms with Crippen LogP contribution in [0.3, 0.4) is 0 Å². The molecule has 0 saturated carbocycles. The van der Waals surface area contributed by atoms with Gasteiger partial charge in [0.05, 0.1) is 7.18 Å². The Labute approximate surface area is 127 Å². The van der Waals surface area contributed by atoms with Crippen LogP contribution in [-0.2, 0) is 6.42 Å². The molecule has 0 saturated heterocycles. The van der Waals surface area contributed by atoms with Gasteiger partial charge in [-0.05, 0) is 72.3 Å². The van der Waals surface area contributed by atoms with E-state index in [-0.39, 0.29) is 0 Å². The van der Waals surface area contributed by atoms with Crippen molar-refractivity contribution in [3.8, 4) is 5.75 Å². The van der Waals surface area contributed by atoms with Gasteiger partial charge in [0.15, 0.2) is 0 Å². The van der Waals surface area contributed by atoms with E-state index < -0.39 is 0 Å². The lowest BCUT2D eigenvalue weighted by molar-refractivity contribution is 0.241. The first kappa shape index (κ1) is 16.1. The van der Waals surface area contributed by atoms with Crippen LogP contribution in [0.15, 0.2) is 24.3 Å². The molecule has 1 aromatic carbocycles. The first-order valence-corrected chi connectivity index (χ1v) is 8.10. The Hall–Kier alpha value is -1.31. The summed E-state index contributed by atoms with van der Waals surface area (Å²) in [7, 11) is 0.500. The molecule has 1 nitrogen and oxygen atoms in total. The molecule has 0 spiro atoms. The third-order valence-corrected chi connectivity index (χ3v) is 5.10. The van der Waals surface area contributed by atoms with Crippen molar-refractivity contribution in [1.82, 2.24) is 0 Å². The third-order valence-electron chi connectivity index (χ3n) is 5.10. The fourth-order valence-corrected chi connectivity index (χ4v) is 4.14. The minimum Gasteiger partial charge on any atom is -0.508 e. The molecule has 2 aliphatic carbocycles. The average molecular weight is 290 g/mol. The van der Waals surface area contributed by atoms with Crippen LogP contribution in [-0.4, -0.2) is 12.3 Å². The highest BCUT2D eigenvalue weighted by molar-refractivity contribution is 5.73. The van der Waals surface area contributed by atoms with Gasteiger partial charge in [0.25, 0.3) is 0 Å². The van der Waals surface area contributed by atoms with Crippen molar-refractivity contribution in [1.29, 1.82) is 0 Å². The highest BCUT2D eigenvalue weighted by atomic mass is 19.1. The third kappa shape index (κ3) is 3.14. The Morgan fingerprint density at radius 2 is 2.05 bits per heavy atom. The molecule has 0 amide bonds. The number of aromatic hydroxyl groups is 1. The summed E-state index contributed by atoms with van der Waals surface area (Å²) in [6.45, 7) is 4.72. The zero-order valence-corrected chi connectivity index (χ0v) is 13.4. The van der Waals surface area contributed by atoms with E-state index in [9.17, 15) is 9.50 Å². The van der Waals surface area contributed by atoms with Crippen LogP contribution in [0.5, 0.6) is 5.75 Å². The van der Waals surface area contributed by atoms with Crippen LogP contribution in [0.1, 0.15) is 50.7 Å². The number of benzene rings is 1. The molecule has 3 rings (SSSR count). The van der Waals surface area contributed by atoms with E-state index in [1.54, 1.807) is 5.57 Å². The minimum atomic E-state index is 0.409. The molecule has 0 aromatic heterocycles. The van der Waals surface area contributed by atoms with E-state index in [4.69, 9.17) is 0 Å². The molecule has 2 unspecified atom stereocenters. The average Bonchev–Trinajstić information content (AvgIpc) is 2.51. The summed E-state index contributed by atoms with van der Waals surface area (Å²) < 4.78 is 9.50. The van der Waals surface area contributed by atoms with Crippen LogP contribution in [0, 0.1) is 17.8 Å². The monoisotopic (exact) mass is 290 g/mol. The largest absolute Gasteiger partial charge is 0.508 e. The quantitative estimate of drug-likeness (QED) is 0.775. The van der Waals surface area contributed by atoms with Gasteiger partial charge in [0.1, 0.15) is 5.75 Å². The molecule has 1 aromatic rings. The second-order valence-corrected chi connectivity index (χ2v) is 6.31. The van der Waals surface area contributed by atoms with Crippen LogP contribution < -0.4 is 0 Å². The van der Waals surface area contributed by atoms with Gasteiger partial charge >= 0.3 is 0 Å². The minimum absolute atomic E-state index is 0.409. The second-order valence-electron chi connectivity index (χ2n) is 6.31. The molecular weight excluding hydrogens is 263 g/mol. The van der Waals surface area contributed by atoms with Crippen LogP contribution in [0.25, 0.3) is 5.57 Å². The van der Waals surface area contributed by atoms with Crippen LogP contribution >= 0.6 is 0 Å². The molecule has 0 aliphatic heterocycles. The summed E-state index contributed by atoms with van der Waals surface area (Å²) in [4.78, 5) is 0. The summed E-state index contributed by atoms with van der Waals surface area (Å²) in [6.07, 6.45) is 8.72. The maximum absolute atomic E-state index is 9.64. The van der Waals surface area contributed by atoms with E-state index >= 15 is 0 Å². The van der Waals surface area contributed by atoms with Gasteiger partial charge in [-0.1, -0.05) is 32.4 Å². The maximum Gasteiger partial charge on any atom is 0.115 e. The van der Waals surface area contributed by atoms with Crippen molar-refractivity contribution in [2.24, 2.45) is 17.8 Å². The molecular formula is C19H27FO. The molecule has 2 heteroatoms. The van der Waals surface area contributed by atoms with Gasteiger partial charge in [0, 0.05) is 0 Å². The Bertz CT molecular complexity index is 506. The van der Waals surface area contributed by atoms with Gasteiger partial charge in [0.2, 0.25) is 0 Å². The van der Waals surface area contributed by atoms with Crippen molar-refractivity contribution in [3.63, 3.8) is 0 Å². The summed E-state index contributed by atoms with van der Waals surface area (Å²) in [5.41, 5.74) is 4.31. The molecule has 2 aliphatic rings. The highest BCUT2D eigenvalue weighted by Crippen LogP contribution is 2.48. The number of alkyl halides is 1. The van der Waals surface area contributed by atoms with E-state index in [0.717, 1.165) is 24.2 Å². The molecule has 21 heavy (non-hydrogen) atoms. The summed E-state index contributed by atoms with van der Waals surface area (Å²) >= 11 is 0. The SMILES string of the molecule is CCC[C@H]1C(C)CC=C2c3ccc(O)cc3CCC21.CF. The molecule has 1 N–H and O–H groups in total. The summed E-state index contributed by atoms with van der Waals surface area (Å²) in [6, 6.07) is 5.93. The number of hydrogen-bond acceptors (Lipinski definition) is 1. The standard InChI is InChI=1S/C18H24O.CH3F/c1-3-4-15-12(2)5-8-18-16-10-7-14(19)11-13(16)6-9-17(15)18;1-2/h7-8,10-12,15,17,19H,3-6,9H2,1-2H3;1H3/t12?,15-,17?;/m0./s1. The predicted molar refractivity (Wildman–Crippen MR) is 87.1 cm³/mol. The summed E-state index contributed by atoms with van der Waals surface area (Å²) in [5, 5.41) is 9.64. The van der Waals surface area contributed by atoms with Crippen molar-refractivity contribution in [3.05, 3.63) is 35.4 Å². The zero-order valence-electron chi connectivity index (χ0n) is 13.4. The number of allylic oxidation sites excluding steroid dienone is 2. The molecule has 0 heterocycles. The fourth-order valence-electron chi connectivity index (χ4n) is 4.14. The normalized spacial score (nSPS) is 26.9. The molecule has 116 valence electrons. The van der Waals surface area contributed by atoms with Gasteiger partial charge in [-0.3, -0.25) is 4.39 Å². The van der Waals surface area contributed by atoms with E-state index in [0.29, 0.717) is 12.9 Å². The van der Waals surface area contributed by atoms with E-state index in [1.165, 1.54) is 36.8 Å². The number of rotatable bonds is 2. The Morgan fingerprint density at radius 3 is 2.76 bits per heavy atom. The first-order chi connectivity index (χ1) is 10.2.